The van der Waals surface area contributed by atoms with Gasteiger partial charge in [-0.05, 0) is 46.1 Å². The molecule has 7 heteroatoms. The highest BCUT2D eigenvalue weighted by Crippen LogP contribution is 2.10. The van der Waals surface area contributed by atoms with Crippen LogP contribution in [0.1, 0.15) is 37.6 Å². The lowest BCUT2D eigenvalue weighted by Crippen LogP contribution is -2.38. The van der Waals surface area contributed by atoms with E-state index in [-0.39, 0.29) is 24.0 Å². The van der Waals surface area contributed by atoms with Gasteiger partial charge in [-0.3, -0.25) is 9.67 Å². The van der Waals surface area contributed by atoms with Gasteiger partial charge in [0.25, 0.3) is 0 Å². The molecule has 0 fully saturated rings. The smallest absolute Gasteiger partial charge is 0.191 e. The number of nitrogens with one attached hydrogen (secondary N) is 2. The number of aryl methyl sites for hydroxylation is 3. The third kappa shape index (κ3) is 8.22. The van der Waals surface area contributed by atoms with Crippen LogP contribution in [0, 0.1) is 13.8 Å². The zero-order valence-corrected chi connectivity index (χ0v) is 18.0. The molecule has 0 spiro atoms. The second kappa shape index (κ2) is 12.3. The molecule has 0 saturated carbocycles. The minimum absolute atomic E-state index is 0. The van der Waals surface area contributed by atoms with Crippen LogP contribution in [0.15, 0.2) is 22.7 Å². The molecule has 0 amide bonds. The summed E-state index contributed by atoms with van der Waals surface area (Å²) in [5.41, 5.74) is 3.77. The number of rotatable bonds is 8. The number of aromatic nitrogens is 2. The number of nitrogens with zero attached hydrogens (tertiary/aromatic N) is 3. The zero-order chi connectivity index (χ0) is 17.2. The molecule has 1 aromatic heterocycles. The van der Waals surface area contributed by atoms with Gasteiger partial charge in [-0.25, -0.2) is 0 Å². The fraction of sp³-hybridized carbons (Fsp3) is 0.667. The standard InChI is InChI=1S/C18H31N5O.HI/c1-4-19-18(21-10-6-17-7-12-24-13-8-17)20-9-5-11-23-16(3)14-15(2)22-23;/h7,14H,4-6,8-13H2,1-3H3,(H2,19,20,21);1H. The summed E-state index contributed by atoms with van der Waals surface area (Å²) >= 11 is 0. The molecule has 2 N–H and O–H groups in total. The van der Waals surface area contributed by atoms with Gasteiger partial charge in [-0.15, -0.1) is 24.0 Å². The Morgan fingerprint density at radius 1 is 1.36 bits per heavy atom. The first-order valence-corrected chi connectivity index (χ1v) is 8.98. The third-order valence-corrected chi connectivity index (χ3v) is 4.04. The molecule has 2 rings (SSSR count). The summed E-state index contributed by atoms with van der Waals surface area (Å²) in [6.07, 6.45) is 5.29. The first kappa shape index (κ1) is 22.0. The van der Waals surface area contributed by atoms with E-state index in [0.29, 0.717) is 0 Å². The molecule has 0 radical (unpaired) electrons. The van der Waals surface area contributed by atoms with Gasteiger partial charge < -0.3 is 15.4 Å². The number of aliphatic imine (C=N–C) groups is 1. The fourth-order valence-electron chi connectivity index (χ4n) is 2.79. The van der Waals surface area contributed by atoms with E-state index in [4.69, 9.17) is 4.74 Å². The summed E-state index contributed by atoms with van der Waals surface area (Å²) < 4.78 is 7.40. The van der Waals surface area contributed by atoms with Crippen LogP contribution in [0.5, 0.6) is 0 Å². The summed E-state index contributed by atoms with van der Waals surface area (Å²) in [5, 5.41) is 11.2. The molecule has 1 aliphatic rings. The van der Waals surface area contributed by atoms with Crippen LogP contribution in [-0.2, 0) is 11.3 Å². The van der Waals surface area contributed by atoms with Crippen molar-refractivity contribution in [1.29, 1.82) is 0 Å². The lowest BCUT2D eigenvalue weighted by atomic mass is 10.1. The molecular formula is C18H32IN5O. The predicted octanol–water partition coefficient (Wildman–Crippen LogP) is 2.80. The van der Waals surface area contributed by atoms with E-state index in [0.717, 1.165) is 70.3 Å². The van der Waals surface area contributed by atoms with Crippen molar-refractivity contribution in [3.63, 3.8) is 0 Å². The van der Waals surface area contributed by atoms with Gasteiger partial charge in [0, 0.05) is 31.9 Å². The molecule has 1 aromatic rings. The van der Waals surface area contributed by atoms with Crippen molar-refractivity contribution >= 4 is 29.9 Å². The van der Waals surface area contributed by atoms with Crippen molar-refractivity contribution in [2.75, 3.05) is 32.8 Å². The summed E-state index contributed by atoms with van der Waals surface area (Å²) in [5.74, 6) is 0.901. The minimum atomic E-state index is 0. The number of halogens is 1. The molecule has 25 heavy (non-hydrogen) atoms. The predicted molar refractivity (Wildman–Crippen MR) is 114 cm³/mol. The average molecular weight is 461 g/mol. The van der Waals surface area contributed by atoms with Gasteiger partial charge in [0.1, 0.15) is 0 Å². The minimum Gasteiger partial charge on any atom is -0.377 e. The summed E-state index contributed by atoms with van der Waals surface area (Å²) in [7, 11) is 0. The van der Waals surface area contributed by atoms with Crippen LogP contribution in [-0.4, -0.2) is 48.6 Å². The molecular weight excluding hydrogens is 429 g/mol. The molecule has 6 nitrogen and oxygen atoms in total. The molecule has 0 bridgehead atoms. The summed E-state index contributed by atoms with van der Waals surface area (Å²) in [4.78, 5) is 4.66. The molecule has 0 aliphatic carbocycles. The fourth-order valence-corrected chi connectivity index (χ4v) is 2.79. The average Bonchev–Trinajstić information content (AvgIpc) is 2.90. The Labute approximate surface area is 168 Å². The van der Waals surface area contributed by atoms with Crippen LogP contribution in [0.2, 0.25) is 0 Å². The molecule has 1 aliphatic heterocycles. The molecule has 0 atom stereocenters. The Hall–Kier alpha value is -1.09. The van der Waals surface area contributed by atoms with Gasteiger partial charge in [0.2, 0.25) is 0 Å². The van der Waals surface area contributed by atoms with Gasteiger partial charge >= 0.3 is 0 Å². The summed E-state index contributed by atoms with van der Waals surface area (Å²) in [6, 6.07) is 2.11. The lowest BCUT2D eigenvalue weighted by Gasteiger charge is -2.15. The monoisotopic (exact) mass is 461 g/mol. The number of guanidine groups is 1. The maximum atomic E-state index is 5.34. The number of hydrogen-bond donors (Lipinski definition) is 2. The molecule has 142 valence electrons. The molecule has 0 saturated heterocycles. The van der Waals surface area contributed by atoms with E-state index >= 15 is 0 Å². The molecule has 2 heterocycles. The topological polar surface area (TPSA) is 63.5 Å². The second-order valence-electron chi connectivity index (χ2n) is 6.13. The third-order valence-electron chi connectivity index (χ3n) is 4.04. The van der Waals surface area contributed by atoms with Gasteiger partial charge in [0.05, 0.1) is 18.9 Å². The first-order chi connectivity index (χ1) is 11.7. The second-order valence-corrected chi connectivity index (χ2v) is 6.13. The van der Waals surface area contributed by atoms with E-state index in [1.165, 1.54) is 11.3 Å². The van der Waals surface area contributed by atoms with E-state index in [2.05, 4.69) is 51.4 Å². The number of ether oxygens (including phenoxy) is 1. The van der Waals surface area contributed by atoms with Crippen LogP contribution < -0.4 is 10.6 Å². The highest BCUT2D eigenvalue weighted by molar-refractivity contribution is 14.0. The number of hydrogen-bond acceptors (Lipinski definition) is 3. The maximum Gasteiger partial charge on any atom is 0.191 e. The zero-order valence-electron chi connectivity index (χ0n) is 15.7. The van der Waals surface area contributed by atoms with Gasteiger partial charge in [-0.1, -0.05) is 11.6 Å². The van der Waals surface area contributed by atoms with Crippen molar-refractivity contribution in [2.24, 2.45) is 4.99 Å². The Kier molecular flexibility index (Phi) is 10.8. The molecule has 0 aromatic carbocycles. The first-order valence-electron chi connectivity index (χ1n) is 8.98. The van der Waals surface area contributed by atoms with Crippen molar-refractivity contribution in [1.82, 2.24) is 20.4 Å². The van der Waals surface area contributed by atoms with E-state index < -0.39 is 0 Å². The van der Waals surface area contributed by atoms with Gasteiger partial charge in [0.15, 0.2) is 5.96 Å². The van der Waals surface area contributed by atoms with E-state index in [1.54, 1.807) is 0 Å². The van der Waals surface area contributed by atoms with Crippen LogP contribution in [0.4, 0.5) is 0 Å². The highest BCUT2D eigenvalue weighted by atomic mass is 127. The lowest BCUT2D eigenvalue weighted by molar-refractivity contribution is 0.153. The Morgan fingerprint density at radius 3 is 2.84 bits per heavy atom. The highest BCUT2D eigenvalue weighted by Gasteiger charge is 2.04. The van der Waals surface area contributed by atoms with Crippen molar-refractivity contribution in [3.8, 4) is 0 Å². The van der Waals surface area contributed by atoms with Crippen molar-refractivity contribution < 1.29 is 4.74 Å². The quantitative estimate of drug-likeness (QED) is 0.206. The van der Waals surface area contributed by atoms with Crippen LogP contribution >= 0.6 is 24.0 Å². The van der Waals surface area contributed by atoms with E-state index in [9.17, 15) is 0 Å². The van der Waals surface area contributed by atoms with Crippen LogP contribution in [0.25, 0.3) is 0 Å². The Balaban J connectivity index is 0.00000312. The van der Waals surface area contributed by atoms with Gasteiger partial charge in [-0.2, -0.15) is 5.10 Å². The van der Waals surface area contributed by atoms with Crippen LogP contribution in [0.3, 0.4) is 0 Å². The normalized spacial score (nSPS) is 14.7. The SMILES string of the molecule is CCNC(=NCCCn1nc(C)cc1C)NCCC1=CCOCC1.I. The molecule has 0 unspecified atom stereocenters. The summed E-state index contributed by atoms with van der Waals surface area (Å²) in [6.45, 7) is 11.3. The van der Waals surface area contributed by atoms with Crippen molar-refractivity contribution in [3.05, 3.63) is 29.1 Å². The Morgan fingerprint density at radius 2 is 2.20 bits per heavy atom. The van der Waals surface area contributed by atoms with Crippen molar-refractivity contribution in [2.45, 2.75) is 46.6 Å². The van der Waals surface area contributed by atoms with E-state index in [1.807, 2.05) is 6.92 Å². The Bertz CT molecular complexity index is 568. The maximum absolute atomic E-state index is 5.34. The largest absolute Gasteiger partial charge is 0.377 e.